The van der Waals surface area contributed by atoms with Crippen LogP contribution in [0.25, 0.3) is 0 Å². The minimum absolute atomic E-state index is 0.0264. The molecule has 110 valence electrons. The molecule has 1 aliphatic rings. The lowest BCUT2D eigenvalue weighted by Gasteiger charge is -2.28. The van der Waals surface area contributed by atoms with E-state index in [9.17, 15) is 4.79 Å². The van der Waals surface area contributed by atoms with Crippen LogP contribution >= 0.6 is 0 Å². The molecule has 20 heavy (non-hydrogen) atoms. The Hall–Kier alpha value is -1.85. The first-order valence-electron chi connectivity index (χ1n) is 7.12. The Bertz CT molecular complexity index is 470. The van der Waals surface area contributed by atoms with E-state index in [0.29, 0.717) is 18.5 Å². The minimum atomic E-state index is -0.180. The average Bonchev–Trinajstić information content (AvgIpc) is 2.44. The van der Waals surface area contributed by atoms with Crippen LogP contribution in [0.3, 0.4) is 0 Å². The van der Waals surface area contributed by atoms with E-state index in [1.807, 2.05) is 13.8 Å². The molecule has 1 aromatic rings. The maximum absolute atomic E-state index is 11.2. The molecule has 1 amide bonds. The van der Waals surface area contributed by atoms with Crippen molar-refractivity contribution in [2.45, 2.75) is 45.6 Å². The van der Waals surface area contributed by atoms with Gasteiger partial charge in [-0.15, -0.1) is 0 Å². The Kier molecular flexibility index (Phi) is 4.76. The van der Waals surface area contributed by atoms with Crippen LogP contribution in [-0.4, -0.2) is 28.5 Å². The smallest absolute Gasteiger partial charge is 0.221 e. The number of ether oxygens (including phenoxy) is 1. The molecule has 0 unspecified atom stereocenters. The van der Waals surface area contributed by atoms with E-state index in [0.717, 1.165) is 37.1 Å². The molecule has 6 heteroatoms. The number of nitrogens with one attached hydrogen (secondary N) is 1. The van der Waals surface area contributed by atoms with Crippen molar-refractivity contribution in [3.05, 3.63) is 11.9 Å². The summed E-state index contributed by atoms with van der Waals surface area (Å²) in [4.78, 5) is 19.6. The molecule has 0 aromatic carbocycles. The number of nitrogens with zero attached hydrogens (tertiary/aromatic N) is 2. The fourth-order valence-electron chi connectivity index (χ4n) is 2.58. The molecule has 2 rings (SSSR count). The molecular weight excluding hydrogens is 256 g/mol. The Labute approximate surface area is 119 Å². The first-order chi connectivity index (χ1) is 9.61. The third kappa shape index (κ3) is 3.37. The summed E-state index contributed by atoms with van der Waals surface area (Å²) in [6.07, 6.45) is 5.06. The standard InChI is InChI=1S/C14H22N4O2/c1-3-20-14-9(2)13(16-8-17-14)18-11-6-4-10(5-7-11)12(15)19/h8,10-11H,3-7H2,1-2H3,(H2,15,19)(H,16,17,18). The molecule has 0 saturated heterocycles. The van der Waals surface area contributed by atoms with Gasteiger partial charge in [-0.3, -0.25) is 4.79 Å². The number of carbonyl (C=O) groups excluding carboxylic acids is 1. The van der Waals surface area contributed by atoms with Crippen molar-refractivity contribution in [2.24, 2.45) is 11.7 Å². The molecule has 1 heterocycles. The summed E-state index contributed by atoms with van der Waals surface area (Å²) in [5.41, 5.74) is 6.27. The Morgan fingerprint density at radius 2 is 2.10 bits per heavy atom. The predicted molar refractivity (Wildman–Crippen MR) is 76.5 cm³/mol. The van der Waals surface area contributed by atoms with Gasteiger partial charge in [0, 0.05) is 12.0 Å². The third-order valence-electron chi connectivity index (χ3n) is 3.79. The zero-order valence-electron chi connectivity index (χ0n) is 12.1. The lowest BCUT2D eigenvalue weighted by Crippen LogP contribution is -2.32. The van der Waals surface area contributed by atoms with Crippen LogP contribution < -0.4 is 15.8 Å². The molecule has 0 aliphatic heterocycles. The minimum Gasteiger partial charge on any atom is -0.478 e. The number of hydrogen-bond donors (Lipinski definition) is 2. The highest BCUT2D eigenvalue weighted by molar-refractivity contribution is 5.76. The van der Waals surface area contributed by atoms with Gasteiger partial charge in [0.15, 0.2) is 0 Å². The first-order valence-corrected chi connectivity index (χ1v) is 7.12. The summed E-state index contributed by atoms with van der Waals surface area (Å²) in [6, 6.07) is 0.327. The second-order valence-corrected chi connectivity index (χ2v) is 5.18. The summed E-state index contributed by atoms with van der Waals surface area (Å²) < 4.78 is 5.46. The van der Waals surface area contributed by atoms with Crippen molar-refractivity contribution in [2.75, 3.05) is 11.9 Å². The van der Waals surface area contributed by atoms with Crippen molar-refractivity contribution < 1.29 is 9.53 Å². The highest BCUT2D eigenvalue weighted by Gasteiger charge is 2.25. The summed E-state index contributed by atoms with van der Waals surface area (Å²) in [6.45, 7) is 4.46. The highest BCUT2D eigenvalue weighted by atomic mass is 16.5. The lowest BCUT2D eigenvalue weighted by atomic mass is 9.85. The number of aromatic nitrogens is 2. The van der Waals surface area contributed by atoms with Gasteiger partial charge in [-0.25, -0.2) is 9.97 Å². The van der Waals surface area contributed by atoms with E-state index in [1.165, 1.54) is 6.33 Å². The molecule has 1 aliphatic carbocycles. The summed E-state index contributed by atoms with van der Waals surface area (Å²) in [7, 11) is 0. The van der Waals surface area contributed by atoms with Crippen LogP contribution in [0.1, 0.15) is 38.2 Å². The zero-order valence-corrected chi connectivity index (χ0v) is 12.1. The Morgan fingerprint density at radius 1 is 1.40 bits per heavy atom. The van der Waals surface area contributed by atoms with Crippen LogP contribution in [0.15, 0.2) is 6.33 Å². The van der Waals surface area contributed by atoms with Crippen molar-refractivity contribution in [1.82, 2.24) is 9.97 Å². The van der Waals surface area contributed by atoms with Gasteiger partial charge in [-0.1, -0.05) is 0 Å². The summed E-state index contributed by atoms with van der Waals surface area (Å²) in [5, 5.41) is 3.42. The van der Waals surface area contributed by atoms with E-state index in [2.05, 4.69) is 15.3 Å². The van der Waals surface area contributed by atoms with E-state index in [4.69, 9.17) is 10.5 Å². The molecule has 0 spiro atoms. The van der Waals surface area contributed by atoms with E-state index < -0.39 is 0 Å². The third-order valence-corrected chi connectivity index (χ3v) is 3.79. The zero-order chi connectivity index (χ0) is 14.5. The van der Waals surface area contributed by atoms with Gasteiger partial charge in [-0.05, 0) is 39.5 Å². The molecule has 0 radical (unpaired) electrons. The van der Waals surface area contributed by atoms with Crippen molar-refractivity contribution in [3.8, 4) is 5.88 Å². The van der Waals surface area contributed by atoms with Crippen molar-refractivity contribution in [1.29, 1.82) is 0 Å². The molecule has 3 N–H and O–H groups in total. The van der Waals surface area contributed by atoms with Gasteiger partial charge in [0.05, 0.1) is 12.2 Å². The fourth-order valence-corrected chi connectivity index (χ4v) is 2.58. The topological polar surface area (TPSA) is 90.1 Å². The fraction of sp³-hybridized carbons (Fsp3) is 0.643. The van der Waals surface area contributed by atoms with Crippen LogP contribution in [0.2, 0.25) is 0 Å². The van der Waals surface area contributed by atoms with Crippen LogP contribution in [0.5, 0.6) is 5.88 Å². The van der Waals surface area contributed by atoms with E-state index in [-0.39, 0.29) is 11.8 Å². The molecule has 1 saturated carbocycles. The van der Waals surface area contributed by atoms with Crippen LogP contribution in [0.4, 0.5) is 5.82 Å². The molecule has 0 atom stereocenters. The van der Waals surface area contributed by atoms with Gasteiger partial charge >= 0.3 is 0 Å². The number of hydrogen-bond acceptors (Lipinski definition) is 5. The number of amides is 1. The van der Waals surface area contributed by atoms with Gasteiger partial charge in [0.2, 0.25) is 11.8 Å². The monoisotopic (exact) mass is 278 g/mol. The number of primary amides is 1. The van der Waals surface area contributed by atoms with Crippen molar-refractivity contribution in [3.63, 3.8) is 0 Å². The van der Waals surface area contributed by atoms with Crippen LogP contribution in [-0.2, 0) is 4.79 Å². The summed E-state index contributed by atoms with van der Waals surface area (Å²) in [5.74, 6) is 1.28. The van der Waals surface area contributed by atoms with Gasteiger partial charge in [-0.2, -0.15) is 0 Å². The van der Waals surface area contributed by atoms with Crippen LogP contribution in [0, 0.1) is 12.8 Å². The first kappa shape index (κ1) is 14.6. The van der Waals surface area contributed by atoms with Gasteiger partial charge in [0.1, 0.15) is 12.1 Å². The largest absolute Gasteiger partial charge is 0.478 e. The molecule has 1 aromatic heterocycles. The molecular formula is C14H22N4O2. The molecule has 1 fully saturated rings. The second-order valence-electron chi connectivity index (χ2n) is 5.18. The van der Waals surface area contributed by atoms with E-state index >= 15 is 0 Å². The molecule has 6 nitrogen and oxygen atoms in total. The number of carbonyl (C=O) groups is 1. The number of anilines is 1. The maximum atomic E-state index is 11.2. The quantitative estimate of drug-likeness (QED) is 0.854. The van der Waals surface area contributed by atoms with E-state index in [1.54, 1.807) is 0 Å². The van der Waals surface area contributed by atoms with Gasteiger partial charge < -0.3 is 15.8 Å². The average molecular weight is 278 g/mol. The number of nitrogens with two attached hydrogens (primary N) is 1. The van der Waals surface area contributed by atoms with Gasteiger partial charge in [0.25, 0.3) is 0 Å². The normalized spacial score (nSPS) is 22.3. The maximum Gasteiger partial charge on any atom is 0.221 e. The summed E-state index contributed by atoms with van der Waals surface area (Å²) >= 11 is 0. The number of rotatable bonds is 5. The SMILES string of the molecule is CCOc1ncnc(NC2CCC(C(N)=O)CC2)c1C. The Morgan fingerprint density at radius 3 is 2.70 bits per heavy atom. The molecule has 0 bridgehead atoms. The lowest BCUT2D eigenvalue weighted by molar-refractivity contribution is -0.122. The second kappa shape index (κ2) is 6.54. The Balaban J connectivity index is 1.97. The predicted octanol–water partition coefficient (Wildman–Crippen LogP) is 1.64. The highest BCUT2D eigenvalue weighted by Crippen LogP contribution is 2.28. The van der Waals surface area contributed by atoms with Crippen molar-refractivity contribution >= 4 is 11.7 Å².